The number of carbonyl (C=O) groups is 5. The van der Waals surface area contributed by atoms with Crippen LogP contribution in [0, 0.1) is 24.0 Å². The number of carboxylic acid groups (broad SMARTS) is 1. The average Bonchev–Trinajstić information content (AvgIpc) is 1.65. The van der Waals surface area contributed by atoms with Crippen LogP contribution in [0.5, 0.6) is 0 Å². The number of Topliss-reactive ketones (excluding diaryl/α,β-unsaturated/α-hetero) is 1. The number of aromatic carboxylic acids is 1. The molecule has 728 valence electrons. The summed E-state index contributed by atoms with van der Waals surface area (Å²) in [4.78, 5) is 90.7. The molecule has 0 aliphatic rings. The first-order chi connectivity index (χ1) is 65.4. The number of ketones is 1. The zero-order chi connectivity index (χ0) is 99.6. The molecule has 1 amide bonds. The molecule has 0 aliphatic carbocycles. The number of rotatable bonds is 19. The van der Waals surface area contributed by atoms with Gasteiger partial charge in [-0.3, -0.25) is 9.59 Å². The summed E-state index contributed by atoms with van der Waals surface area (Å²) in [6.45, 7) is 5.44. The van der Waals surface area contributed by atoms with Crippen LogP contribution >= 0.6 is 210 Å². The summed E-state index contributed by atoms with van der Waals surface area (Å²) >= 11 is 97.4. The largest absolute Gasteiger partial charge is 1.00 e. The van der Waals surface area contributed by atoms with Gasteiger partial charge in [-0.15, -0.1) is 68.9 Å². The minimum absolute atomic E-state index is 0. The second-order valence-electron chi connectivity index (χ2n) is 26.7. The summed E-state index contributed by atoms with van der Waals surface area (Å²) in [6.07, 6.45) is 33.9. The van der Waals surface area contributed by atoms with Crippen molar-refractivity contribution in [1.82, 2.24) is 121 Å². The van der Waals surface area contributed by atoms with Crippen molar-refractivity contribution in [2.45, 2.75) is 59.0 Å². The van der Waals surface area contributed by atoms with Crippen LogP contribution in [-0.4, -0.2) is 181 Å². The Balaban J connectivity index is 0.000000223. The Hall–Kier alpha value is -10.8. The molecule has 0 radical (unpaired) electrons. The van der Waals surface area contributed by atoms with E-state index in [-0.39, 0.29) is 113 Å². The number of esters is 2. The van der Waals surface area contributed by atoms with E-state index in [0.717, 1.165) is 17.0 Å². The van der Waals surface area contributed by atoms with Crippen molar-refractivity contribution in [2.24, 2.45) is 10.8 Å². The number of amides is 1. The molecule has 0 aliphatic heterocycles. The number of nitrogen functional groups attached to an aromatic ring is 1. The molecule has 0 aromatic carbocycles. The third-order valence-electron chi connectivity index (χ3n) is 17.2. The SMILES string of the molecule is C#CC(=O)OCC.CCOC(=O)c1cn(Cc2cn3cc(Cl)c(Cl)cc3n2)nn1.Cl.ClCc1cn2cc(Cl)c(Cl)cc2n1.NCc1ncn2ccc(Cl)c(F)c12.Nc1cc(Cl)c(Cl)cn1.O=C(CCl)CCl.O=C(NCc1ncn2ccc(Cl)c(F)c12)c1cn(Cc2cn3cc(Cl)c(Cl)cc3n2)nn1.O=C(O)c1cn(Cc2cn3cc(Cl)c(Cl)cc3n2)nn1.[Li+].[N-]=[N+]=NCc1cn2cc(Cl)c(Cl)cc2n1.[OH-]. The number of azide groups is 1. The van der Waals surface area contributed by atoms with Crippen molar-refractivity contribution in [1.29, 1.82) is 0 Å². The average molecular weight is 2270 g/mol. The van der Waals surface area contributed by atoms with Gasteiger partial charge in [0.2, 0.25) is 0 Å². The molecule has 0 saturated carbocycles. The van der Waals surface area contributed by atoms with Crippen LogP contribution in [0.3, 0.4) is 0 Å². The van der Waals surface area contributed by atoms with Crippen LogP contribution in [0.25, 0.3) is 49.7 Å². The third kappa shape index (κ3) is 32.4. The number of carbonyl (C=O) groups excluding carboxylic acids is 4. The summed E-state index contributed by atoms with van der Waals surface area (Å²) in [5.74, 6) is -1.26. The summed E-state index contributed by atoms with van der Waals surface area (Å²) < 4.78 is 53.1. The molecule has 39 nitrogen and oxygen atoms in total. The Morgan fingerprint density at radius 2 is 0.857 bits per heavy atom. The van der Waals surface area contributed by atoms with E-state index in [1.54, 1.807) is 138 Å². The second-order valence-corrected chi connectivity index (χ2v) is 33.2. The number of hydrogen-bond acceptors (Lipinski definition) is 25. The van der Waals surface area contributed by atoms with Crippen LogP contribution in [0.2, 0.25) is 70.3 Å². The molecule has 18 heterocycles. The predicted octanol–water partition coefficient (Wildman–Crippen LogP) is 16.9. The topological polar surface area (TPSA) is 493 Å². The van der Waals surface area contributed by atoms with E-state index in [2.05, 4.69) is 97.3 Å². The van der Waals surface area contributed by atoms with E-state index < -0.39 is 35.4 Å². The third-order valence-corrected chi connectivity index (χ3v) is 22.9. The molecule has 60 heteroatoms. The normalized spacial score (nSPS) is 10.4. The fourth-order valence-corrected chi connectivity index (χ4v) is 13.6. The summed E-state index contributed by atoms with van der Waals surface area (Å²) in [5, 5.41) is 43.0. The van der Waals surface area contributed by atoms with Crippen molar-refractivity contribution in [3.63, 3.8) is 0 Å². The summed E-state index contributed by atoms with van der Waals surface area (Å²) in [6, 6.07) is 12.8. The number of fused-ring (bicyclic) bond motifs is 7. The number of hydrogen-bond donors (Lipinski definition) is 4. The quantitative estimate of drug-likeness (QED) is 0.00853. The Morgan fingerprint density at radius 1 is 0.493 bits per heavy atom. The molecule has 0 spiro atoms. The molecule has 18 aromatic heterocycles. The van der Waals surface area contributed by atoms with Gasteiger partial charge in [-0.1, -0.05) is 183 Å². The molecule has 7 N–H and O–H groups in total. The number of aromatic nitrogens is 24. The molecular formula is C80H63Cl18F2LiN30O9. The minimum atomic E-state index is -1.12. The second kappa shape index (κ2) is 55.6. The Morgan fingerprint density at radius 3 is 1.21 bits per heavy atom. The monoisotopic (exact) mass is 2260 g/mol. The zero-order valence-electron chi connectivity index (χ0n) is 71.4. The van der Waals surface area contributed by atoms with Crippen molar-refractivity contribution < 1.29 is 71.7 Å². The molecule has 0 saturated heterocycles. The number of carboxylic acids is 1. The van der Waals surface area contributed by atoms with Gasteiger partial charge in [0, 0.05) is 134 Å². The van der Waals surface area contributed by atoms with Crippen molar-refractivity contribution in [3.05, 3.63) is 310 Å². The molecular weight excluding hydrogens is 2210 g/mol. The van der Waals surface area contributed by atoms with Crippen molar-refractivity contribution in [3.8, 4) is 12.3 Å². The number of alkyl halides is 3. The van der Waals surface area contributed by atoms with E-state index >= 15 is 0 Å². The fourth-order valence-electron chi connectivity index (χ4n) is 11.1. The number of pyridine rings is 8. The first kappa shape index (κ1) is 116. The van der Waals surface area contributed by atoms with Gasteiger partial charge in [0.25, 0.3) is 5.91 Å². The smallest absolute Gasteiger partial charge is 0.870 e. The van der Waals surface area contributed by atoms with Crippen LogP contribution < -0.4 is 35.6 Å². The Kier molecular flexibility index (Phi) is 46.1. The van der Waals surface area contributed by atoms with Gasteiger partial charge in [0.15, 0.2) is 34.5 Å². The van der Waals surface area contributed by atoms with Crippen molar-refractivity contribution >= 4 is 284 Å². The Labute approximate surface area is 891 Å². The van der Waals surface area contributed by atoms with E-state index in [1.165, 1.54) is 74.1 Å². The number of imidazole rings is 7. The van der Waals surface area contributed by atoms with E-state index in [4.69, 9.17) is 224 Å². The number of terminal acetylenes is 1. The van der Waals surface area contributed by atoms with Gasteiger partial charge in [-0.05, 0) is 31.5 Å². The molecule has 0 atom stereocenters. The molecule has 0 bridgehead atoms. The van der Waals surface area contributed by atoms with Gasteiger partial charge in [0.05, 0.1) is 205 Å². The molecule has 140 heavy (non-hydrogen) atoms. The van der Waals surface area contributed by atoms with Gasteiger partial charge in [-0.2, -0.15) is 0 Å². The number of halogens is 20. The van der Waals surface area contributed by atoms with Gasteiger partial charge in [-0.25, -0.2) is 77.1 Å². The molecule has 0 unspecified atom stereocenters. The summed E-state index contributed by atoms with van der Waals surface area (Å²) in [5.41, 5.74) is 27.4. The van der Waals surface area contributed by atoms with E-state index in [0.29, 0.717) is 155 Å². The molecule has 18 rings (SSSR count). The Bertz CT molecular complexity index is 7310. The fraction of sp³-hybridized carbons (Fsp3) is 0.163. The van der Waals surface area contributed by atoms with Crippen LogP contribution in [-0.2, 0) is 64.2 Å². The van der Waals surface area contributed by atoms with Crippen LogP contribution in [0.15, 0.2) is 165 Å². The number of nitrogens with zero attached hydrogens (tertiary/aromatic N) is 27. The van der Waals surface area contributed by atoms with E-state index in [9.17, 15) is 32.8 Å². The van der Waals surface area contributed by atoms with Crippen LogP contribution in [0.1, 0.15) is 85.2 Å². The van der Waals surface area contributed by atoms with Crippen LogP contribution in [0.4, 0.5) is 14.6 Å². The minimum Gasteiger partial charge on any atom is -0.870 e. The first-order valence-corrected chi connectivity index (χ1v) is 45.1. The maximum absolute atomic E-state index is 14.3. The maximum Gasteiger partial charge on any atom is 1.00 e. The number of anilines is 1. The molecule has 18 aromatic rings. The number of nitrogens with one attached hydrogen (secondary N) is 1. The number of ether oxygens (including phenoxy) is 2. The predicted molar refractivity (Wildman–Crippen MR) is 528 cm³/mol. The number of nitrogens with two attached hydrogens (primary N) is 2. The summed E-state index contributed by atoms with van der Waals surface area (Å²) in [7, 11) is 0. The molecule has 0 fully saturated rings. The van der Waals surface area contributed by atoms with Gasteiger partial charge >= 0.3 is 36.8 Å². The zero-order valence-corrected chi connectivity index (χ0v) is 85.1. The standard InChI is InChI=1S/C19H12Cl3FN8O.C13H11Cl2N5O2.C11H7Cl2N5O2.C8H5Cl3N2.C8H5Cl2N5.C8H7ClFN3.C5H4Cl2N2.C5H6O2.C3H4Cl2O.ClH.Li.H2O/c20-11-1-2-29-9-25-14(18(29)17(11)23)4-24-19(32)15-8-31(28-27-15)6-10-5-30-7-13(22)12(21)3-16(30)26-10;1-2-22-13(21)11-7-20(18-17-11)5-8-4-19-6-10(15)9(14)3-12(19)16-8;12-7-1-10-14-6(2-17(10)4-8(7)13)3-18-5-9(11(19)20)15-16-18;9-2-5-3-13-4-7(11)6(10)1-8(13)12-5;9-6-1-8-13-5(2-12-14-11)3-15(8)4-7(6)10;9-5-1-2-13-4-12-6(3-11)8(13)7(5)10;6-3-1-5(8)9-2-4(3)7;1-3-5(6)7-4-2;4-1-3(6)2-5;;;/h1-3,5,7-9H,4,6H2,(H,24,32);3-4,6-7H,2,5H2,1H3;1-2,4-5H,3H2,(H,19,20);1,3-4H,2H2;1,3-4H,2H2;1-2,4H,3,11H2;1-2H,(H2,8,9);1H,4H2,2H3;1-2H2;1H;;1H2/q;;;;;;;;;;+1;/p-1. The maximum atomic E-state index is 14.3. The van der Waals surface area contributed by atoms with Gasteiger partial charge in [0.1, 0.15) is 45.1 Å². The first-order valence-electron chi connectivity index (χ1n) is 38.2. The van der Waals surface area contributed by atoms with Crippen molar-refractivity contribution in [2.75, 3.05) is 30.7 Å². The van der Waals surface area contributed by atoms with Gasteiger partial charge < -0.3 is 67.6 Å². The van der Waals surface area contributed by atoms with E-state index in [1.807, 2.05) is 12.4 Å².